The number of sulfonamides is 1. The third-order valence-corrected chi connectivity index (χ3v) is 10.0. The number of rotatable bonds is 7. The number of H-pyrrole nitrogens is 1. The molecule has 1 N–H and O–H groups in total. The van der Waals surface area contributed by atoms with Crippen LogP contribution in [0.1, 0.15) is 62.9 Å². The third kappa shape index (κ3) is 5.38. The van der Waals surface area contributed by atoms with Crippen molar-refractivity contribution in [1.29, 1.82) is 0 Å². The first-order valence-corrected chi connectivity index (χ1v) is 16.1. The molecule has 13 heteroatoms. The Bertz CT molecular complexity index is 1720. The number of aryl methyl sites for hydroxylation is 1. The number of nitrogens with one attached hydrogen (secondary N) is 1. The lowest BCUT2D eigenvalue weighted by Gasteiger charge is -2.34. The van der Waals surface area contributed by atoms with Gasteiger partial charge < -0.3 is 14.6 Å². The lowest BCUT2D eigenvalue weighted by atomic mass is 10.00. The van der Waals surface area contributed by atoms with Crippen molar-refractivity contribution in [3.63, 3.8) is 0 Å². The van der Waals surface area contributed by atoms with Crippen LogP contribution in [-0.4, -0.2) is 75.1 Å². The van der Waals surface area contributed by atoms with Gasteiger partial charge in [0, 0.05) is 44.5 Å². The number of aromatic amines is 1. The summed E-state index contributed by atoms with van der Waals surface area (Å²) >= 11 is 0. The topological polar surface area (TPSA) is 139 Å². The molecule has 2 aliphatic rings. The lowest BCUT2D eigenvalue weighted by molar-refractivity contribution is 0.341. The van der Waals surface area contributed by atoms with Gasteiger partial charge in [-0.1, -0.05) is 25.7 Å². The molecule has 1 saturated carbocycles. The predicted octanol–water partition coefficient (Wildman–Crippen LogP) is 3.53. The summed E-state index contributed by atoms with van der Waals surface area (Å²) in [7, 11) is -3.84. The van der Waals surface area contributed by atoms with Gasteiger partial charge in [-0.3, -0.25) is 4.79 Å². The quantitative estimate of drug-likeness (QED) is 0.319. The maximum Gasteiger partial charge on any atom is 0.277 e. The molecule has 3 aromatic heterocycles. The molecule has 4 heterocycles. The van der Waals surface area contributed by atoms with Gasteiger partial charge in [0.2, 0.25) is 16.0 Å². The van der Waals surface area contributed by atoms with Gasteiger partial charge in [0.05, 0.1) is 22.8 Å². The van der Waals surface area contributed by atoms with Crippen molar-refractivity contribution >= 4 is 21.5 Å². The number of hydrogen-bond acceptors (Lipinski definition) is 9. The summed E-state index contributed by atoms with van der Waals surface area (Å²) in [4.78, 5) is 31.7. The van der Waals surface area contributed by atoms with Crippen molar-refractivity contribution in [2.75, 3.05) is 37.7 Å². The van der Waals surface area contributed by atoms with E-state index in [0.717, 1.165) is 31.5 Å². The van der Waals surface area contributed by atoms with E-state index in [9.17, 15) is 13.2 Å². The van der Waals surface area contributed by atoms with Gasteiger partial charge in [-0.15, -0.1) is 5.10 Å². The number of imidazole rings is 1. The molecule has 2 fully saturated rings. The second-order valence-electron chi connectivity index (χ2n) is 10.8. The van der Waals surface area contributed by atoms with Gasteiger partial charge >= 0.3 is 0 Å². The van der Waals surface area contributed by atoms with Gasteiger partial charge in [0.25, 0.3) is 5.56 Å². The smallest absolute Gasteiger partial charge is 0.277 e. The summed E-state index contributed by atoms with van der Waals surface area (Å²) in [5, 5.41) is 4.84. The SMILES string of the molecule is CCOc1ccc(S(=O)(=O)N2CCN(c3ncccn3)CC2)cc1-c1nn2c(C3CCCCCC3)nc(C)c2c(=O)[nH]1. The molecule has 1 saturated heterocycles. The minimum atomic E-state index is -3.84. The van der Waals surface area contributed by atoms with Crippen LogP contribution in [0, 0.1) is 6.92 Å². The van der Waals surface area contributed by atoms with E-state index in [1.54, 1.807) is 41.2 Å². The van der Waals surface area contributed by atoms with Crippen LogP contribution in [0.15, 0.2) is 46.3 Å². The number of benzene rings is 1. The zero-order chi connectivity index (χ0) is 29.3. The van der Waals surface area contributed by atoms with Crippen LogP contribution < -0.4 is 15.2 Å². The van der Waals surface area contributed by atoms with Crippen LogP contribution in [0.2, 0.25) is 0 Å². The molecule has 1 aliphatic heterocycles. The molecule has 0 amide bonds. The zero-order valence-corrected chi connectivity index (χ0v) is 24.8. The highest BCUT2D eigenvalue weighted by Gasteiger charge is 2.31. The summed E-state index contributed by atoms with van der Waals surface area (Å²) in [6.07, 6.45) is 10.00. The largest absolute Gasteiger partial charge is 0.493 e. The molecular formula is C29H36N8O4S. The number of aromatic nitrogens is 6. The van der Waals surface area contributed by atoms with Crippen molar-refractivity contribution in [3.05, 3.63) is 58.5 Å². The number of ether oxygens (including phenoxy) is 1. The molecule has 0 spiro atoms. The number of piperazine rings is 1. The van der Waals surface area contributed by atoms with Crippen molar-refractivity contribution in [2.45, 2.75) is 63.2 Å². The van der Waals surface area contributed by atoms with E-state index < -0.39 is 10.0 Å². The fourth-order valence-corrected chi connectivity index (χ4v) is 7.43. The average Bonchev–Trinajstić information content (AvgIpc) is 3.15. The average molecular weight is 593 g/mol. The van der Waals surface area contributed by atoms with E-state index >= 15 is 0 Å². The summed E-state index contributed by atoms with van der Waals surface area (Å²) < 4.78 is 36.6. The molecule has 42 heavy (non-hydrogen) atoms. The van der Waals surface area contributed by atoms with E-state index in [2.05, 4.69) is 15.0 Å². The highest BCUT2D eigenvalue weighted by molar-refractivity contribution is 7.89. The van der Waals surface area contributed by atoms with Crippen LogP contribution in [-0.2, 0) is 10.0 Å². The van der Waals surface area contributed by atoms with E-state index in [0.29, 0.717) is 61.3 Å². The van der Waals surface area contributed by atoms with Gasteiger partial charge in [-0.05, 0) is 51.0 Å². The van der Waals surface area contributed by atoms with Crippen LogP contribution in [0.3, 0.4) is 0 Å². The minimum absolute atomic E-state index is 0.110. The summed E-state index contributed by atoms with van der Waals surface area (Å²) in [6.45, 7) is 5.59. The Hall–Kier alpha value is -3.84. The number of fused-ring (bicyclic) bond motifs is 1. The monoisotopic (exact) mass is 592 g/mol. The molecule has 1 aliphatic carbocycles. The standard InChI is InChI=1S/C29H36N8O4S/c1-3-41-24-12-11-22(42(39,40)36-17-15-35(16-18-36)29-30-13-8-14-31-29)19-23(24)26-33-28(38)25-20(2)32-27(37(25)34-26)21-9-6-4-5-7-10-21/h8,11-14,19,21H,3-7,9-10,15-18H2,1-2H3,(H,33,34,38). The highest BCUT2D eigenvalue weighted by atomic mass is 32.2. The molecule has 6 rings (SSSR count). The van der Waals surface area contributed by atoms with Gasteiger partial charge in [-0.25, -0.2) is 27.9 Å². The number of hydrogen-bond donors (Lipinski definition) is 1. The Morgan fingerprint density at radius 2 is 1.74 bits per heavy atom. The maximum atomic E-state index is 13.8. The fourth-order valence-electron chi connectivity index (χ4n) is 5.98. The summed E-state index contributed by atoms with van der Waals surface area (Å²) in [6, 6.07) is 6.48. The van der Waals surface area contributed by atoms with Crippen LogP contribution in [0.4, 0.5) is 5.95 Å². The van der Waals surface area contributed by atoms with E-state index in [1.807, 2.05) is 18.7 Å². The molecule has 4 aromatic rings. The number of nitrogens with zero attached hydrogens (tertiary/aromatic N) is 7. The highest BCUT2D eigenvalue weighted by Crippen LogP contribution is 2.34. The van der Waals surface area contributed by atoms with Gasteiger partial charge in [0.15, 0.2) is 11.3 Å². The molecule has 1 aromatic carbocycles. The van der Waals surface area contributed by atoms with Crippen molar-refractivity contribution in [3.8, 4) is 17.1 Å². The van der Waals surface area contributed by atoms with Gasteiger partial charge in [0.1, 0.15) is 11.6 Å². The van der Waals surface area contributed by atoms with Crippen LogP contribution in [0.25, 0.3) is 16.9 Å². The molecule has 0 radical (unpaired) electrons. The first-order chi connectivity index (χ1) is 20.4. The zero-order valence-electron chi connectivity index (χ0n) is 24.0. The predicted molar refractivity (Wildman–Crippen MR) is 158 cm³/mol. The first kappa shape index (κ1) is 28.3. The molecule has 0 unspecified atom stereocenters. The maximum absolute atomic E-state index is 13.8. The Morgan fingerprint density at radius 1 is 1.02 bits per heavy atom. The molecule has 0 bridgehead atoms. The van der Waals surface area contributed by atoms with Gasteiger partial charge in [-0.2, -0.15) is 4.31 Å². The molecule has 222 valence electrons. The summed E-state index contributed by atoms with van der Waals surface area (Å²) in [5.41, 5.74) is 1.14. The first-order valence-electron chi connectivity index (χ1n) is 14.7. The van der Waals surface area contributed by atoms with Crippen molar-refractivity contribution in [1.82, 2.24) is 33.9 Å². The normalized spacial score (nSPS) is 17.4. The van der Waals surface area contributed by atoms with Crippen molar-refractivity contribution in [2.24, 2.45) is 0 Å². The Morgan fingerprint density at radius 3 is 2.43 bits per heavy atom. The summed E-state index contributed by atoms with van der Waals surface area (Å²) in [5.74, 6) is 2.28. The molecule has 12 nitrogen and oxygen atoms in total. The van der Waals surface area contributed by atoms with E-state index in [1.165, 1.54) is 17.1 Å². The fraction of sp³-hybridized carbons (Fsp3) is 0.483. The second kappa shape index (κ2) is 11.8. The van der Waals surface area contributed by atoms with Crippen molar-refractivity contribution < 1.29 is 13.2 Å². The van der Waals surface area contributed by atoms with E-state index in [-0.39, 0.29) is 22.2 Å². The molecular weight excluding hydrogens is 556 g/mol. The minimum Gasteiger partial charge on any atom is -0.493 e. The lowest BCUT2D eigenvalue weighted by Crippen LogP contribution is -2.49. The second-order valence-corrected chi connectivity index (χ2v) is 12.8. The Labute approximate surface area is 244 Å². The Kier molecular flexibility index (Phi) is 7.95. The number of anilines is 1. The van der Waals surface area contributed by atoms with Crippen LogP contribution >= 0.6 is 0 Å². The Balaban J connectivity index is 1.36. The third-order valence-electron chi connectivity index (χ3n) is 8.14. The molecule has 0 atom stereocenters. The van der Waals surface area contributed by atoms with E-state index in [4.69, 9.17) is 14.8 Å². The van der Waals surface area contributed by atoms with Crippen LogP contribution in [0.5, 0.6) is 5.75 Å².